The summed E-state index contributed by atoms with van der Waals surface area (Å²) in [5.41, 5.74) is 0.628. The quantitative estimate of drug-likeness (QED) is 0.938. The van der Waals surface area contributed by atoms with Gasteiger partial charge in [0.15, 0.2) is 0 Å². The molecule has 0 saturated carbocycles. The van der Waals surface area contributed by atoms with E-state index in [0.29, 0.717) is 18.7 Å². The summed E-state index contributed by atoms with van der Waals surface area (Å²) in [5.74, 6) is 0.511. The summed E-state index contributed by atoms with van der Waals surface area (Å²) in [6, 6.07) is 6.78. The van der Waals surface area contributed by atoms with Crippen LogP contribution in [0, 0.1) is 5.82 Å². The maximum atomic E-state index is 13.4. The third kappa shape index (κ3) is 2.90. The summed E-state index contributed by atoms with van der Waals surface area (Å²) in [7, 11) is 0. The second-order valence-corrected chi connectivity index (χ2v) is 4.23. The van der Waals surface area contributed by atoms with Gasteiger partial charge in [-0.2, -0.15) is 0 Å². The molecule has 0 aliphatic carbocycles. The van der Waals surface area contributed by atoms with Crippen LogP contribution in [0.15, 0.2) is 39.5 Å². The Labute approximate surface area is 101 Å². The standard InChI is InChI=1S/C11H10BrFN2O/c12-9-2-1-8(11(13)5-9)6-14-7-10-3-4-15-16-10/h1-5,14H,6-7H2. The molecular formula is C11H10BrFN2O. The van der Waals surface area contributed by atoms with Crippen LogP contribution in [-0.2, 0) is 13.1 Å². The number of benzene rings is 1. The Morgan fingerprint density at radius 1 is 1.31 bits per heavy atom. The number of nitrogens with zero attached hydrogens (tertiary/aromatic N) is 1. The lowest BCUT2D eigenvalue weighted by molar-refractivity contribution is 0.372. The number of rotatable bonds is 4. The van der Waals surface area contributed by atoms with Gasteiger partial charge in [0.1, 0.15) is 11.6 Å². The Bertz CT molecular complexity index is 459. The van der Waals surface area contributed by atoms with Crippen molar-refractivity contribution >= 4 is 15.9 Å². The molecule has 0 spiro atoms. The van der Waals surface area contributed by atoms with Crippen LogP contribution in [0.2, 0.25) is 0 Å². The van der Waals surface area contributed by atoms with Crippen molar-refractivity contribution in [1.29, 1.82) is 0 Å². The van der Waals surface area contributed by atoms with Gasteiger partial charge in [-0.05, 0) is 12.1 Å². The highest BCUT2D eigenvalue weighted by molar-refractivity contribution is 9.10. The van der Waals surface area contributed by atoms with E-state index in [9.17, 15) is 4.39 Å². The van der Waals surface area contributed by atoms with Gasteiger partial charge in [-0.25, -0.2) is 4.39 Å². The lowest BCUT2D eigenvalue weighted by atomic mass is 10.2. The minimum atomic E-state index is -0.223. The highest BCUT2D eigenvalue weighted by Crippen LogP contribution is 2.15. The van der Waals surface area contributed by atoms with E-state index in [4.69, 9.17) is 4.52 Å². The van der Waals surface area contributed by atoms with E-state index in [1.54, 1.807) is 18.3 Å². The summed E-state index contributed by atoms with van der Waals surface area (Å²) in [6.07, 6.45) is 1.58. The molecule has 0 radical (unpaired) electrons. The van der Waals surface area contributed by atoms with Crippen LogP contribution in [0.4, 0.5) is 4.39 Å². The number of nitrogens with one attached hydrogen (secondary N) is 1. The molecule has 0 aliphatic heterocycles. The van der Waals surface area contributed by atoms with Gasteiger partial charge < -0.3 is 9.84 Å². The van der Waals surface area contributed by atoms with Crippen LogP contribution in [0.25, 0.3) is 0 Å². The van der Waals surface area contributed by atoms with Crippen LogP contribution < -0.4 is 5.32 Å². The summed E-state index contributed by atoms with van der Waals surface area (Å²) in [6.45, 7) is 0.995. The van der Waals surface area contributed by atoms with Gasteiger partial charge in [0, 0.05) is 22.6 Å². The van der Waals surface area contributed by atoms with Gasteiger partial charge in [0.25, 0.3) is 0 Å². The molecule has 1 aromatic carbocycles. The second-order valence-electron chi connectivity index (χ2n) is 3.32. The molecule has 0 saturated heterocycles. The second kappa shape index (κ2) is 5.23. The van der Waals surface area contributed by atoms with Crippen molar-refractivity contribution in [3.05, 3.63) is 52.1 Å². The molecule has 0 atom stereocenters. The molecule has 0 bridgehead atoms. The van der Waals surface area contributed by atoms with Crippen molar-refractivity contribution in [2.75, 3.05) is 0 Å². The van der Waals surface area contributed by atoms with Crippen molar-refractivity contribution in [3.8, 4) is 0 Å². The van der Waals surface area contributed by atoms with Crippen LogP contribution in [0.3, 0.4) is 0 Å². The van der Waals surface area contributed by atoms with E-state index in [0.717, 1.165) is 10.2 Å². The fourth-order valence-electron chi connectivity index (χ4n) is 1.32. The molecule has 0 fully saturated rings. The molecule has 0 unspecified atom stereocenters. The molecule has 0 amide bonds. The molecule has 1 aromatic heterocycles. The Balaban J connectivity index is 1.90. The van der Waals surface area contributed by atoms with Crippen molar-refractivity contribution in [2.45, 2.75) is 13.1 Å². The highest BCUT2D eigenvalue weighted by atomic mass is 79.9. The normalized spacial score (nSPS) is 10.6. The van der Waals surface area contributed by atoms with Gasteiger partial charge in [-0.1, -0.05) is 27.2 Å². The molecule has 5 heteroatoms. The summed E-state index contributed by atoms with van der Waals surface area (Å²) >= 11 is 3.21. The molecule has 3 nitrogen and oxygen atoms in total. The first-order valence-electron chi connectivity index (χ1n) is 4.80. The average molecular weight is 285 g/mol. The third-order valence-corrected chi connectivity index (χ3v) is 2.61. The number of halogens is 2. The van der Waals surface area contributed by atoms with Crippen LogP contribution in [-0.4, -0.2) is 5.16 Å². The lowest BCUT2D eigenvalue weighted by Crippen LogP contribution is -2.13. The first-order valence-corrected chi connectivity index (χ1v) is 5.59. The number of aromatic nitrogens is 1. The zero-order chi connectivity index (χ0) is 11.4. The highest BCUT2D eigenvalue weighted by Gasteiger charge is 2.03. The summed E-state index contributed by atoms with van der Waals surface area (Å²) < 4.78 is 19.1. The van der Waals surface area contributed by atoms with Crippen LogP contribution in [0.1, 0.15) is 11.3 Å². The Kier molecular flexibility index (Phi) is 3.69. The minimum absolute atomic E-state index is 0.223. The lowest BCUT2D eigenvalue weighted by Gasteiger charge is -2.04. The molecule has 1 N–H and O–H groups in total. The van der Waals surface area contributed by atoms with Gasteiger partial charge in [0.2, 0.25) is 0 Å². The summed E-state index contributed by atoms with van der Waals surface area (Å²) in [4.78, 5) is 0. The summed E-state index contributed by atoms with van der Waals surface area (Å²) in [5, 5.41) is 6.66. The Morgan fingerprint density at radius 2 is 2.19 bits per heavy atom. The molecule has 1 heterocycles. The van der Waals surface area contributed by atoms with E-state index >= 15 is 0 Å². The molecular weight excluding hydrogens is 275 g/mol. The maximum absolute atomic E-state index is 13.4. The first-order chi connectivity index (χ1) is 7.75. The van der Waals surface area contributed by atoms with E-state index in [1.807, 2.05) is 6.07 Å². The zero-order valence-corrected chi connectivity index (χ0v) is 10.00. The van der Waals surface area contributed by atoms with Gasteiger partial charge in [0.05, 0.1) is 12.7 Å². The Morgan fingerprint density at radius 3 is 2.88 bits per heavy atom. The number of hydrogen-bond donors (Lipinski definition) is 1. The van der Waals surface area contributed by atoms with Crippen molar-refractivity contribution < 1.29 is 8.91 Å². The first kappa shape index (κ1) is 11.3. The minimum Gasteiger partial charge on any atom is -0.360 e. The topological polar surface area (TPSA) is 38.1 Å². The van der Waals surface area contributed by atoms with E-state index in [1.165, 1.54) is 6.07 Å². The zero-order valence-electron chi connectivity index (χ0n) is 8.41. The largest absolute Gasteiger partial charge is 0.360 e. The van der Waals surface area contributed by atoms with Gasteiger partial charge in [-0.15, -0.1) is 0 Å². The molecule has 2 rings (SSSR count). The van der Waals surface area contributed by atoms with Gasteiger partial charge in [-0.3, -0.25) is 0 Å². The van der Waals surface area contributed by atoms with Crippen LogP contribution >= 0.6 is 15.9 Å². The van der Waals surface area contributed by atoms with Gasteiger partial charge >= 0.3 is 0 Å². The molecule has 2 aromatic rings. The predicted octanol–water partition coefficient (Wildman–Crippen LogP) is 2.87. The van der Waals surface area contributed by atoms with Crippen molar-refractivity contribution in [1.82, 2.24) is 10.5 Å². The fraction of sp³-hybridized carbons (Fsp3) is 0.182. The predicted molar refractivity (Wildman–Crippen MR) is 61.1 cm³/mol. The van der Waals surface area contributed by atoms with Crippen LogP contribution in [0.5, 0.6) is 0 Å². The fourth-order valence-corrected chi connectivity index (χ4v) is 1.65. The van der Waals surface area contributed by atoms with Crippen molar-refractivity contribution in [2.24, 2.45) is 0 Å². The Hall–Kier alpha value is -1.20. The smallest absolute Gasteiger partial charge is 0.150 e. The van der Waals surface area contributed by atoms with E-state index < -0.39 is 0 Å². The average Bonchev–Trinajstić information content (AvgIpc) is 2.74. The van der Waals surface area contributed by atoms with E-state index in [-0.39, 0.29) is 5.82 Å². The molecule has 84 valence electrons. The third-order valence-electron chi connectivity index (χ3n) is 2.12. The SMILES string of the molecule is Fc1cc(Br)ccc1CNCc1ccno1. The van der Waals surface area contributed by atoms with Crippen molar-refractivity contribution in [3.63, 3.8) is 0 Å². The number of hydrogen-bond acceptors (Lipinski definition) is 3. The molecule has 16 heavy (non-hydrogen) atoms. The molecule has 0 aliphatic rings. The van der Waals surface area contributed by atoms with E-state index in [2.05, 4.69) is 26.4 Å². The maximum Gasteiger partial charge on any atom is 0.150 e. The monoisotopic (exact) mass is 284 g/mol.